The van der Waals surface area contributed by atoms with E-state index in [1.165, 1.54) is 4.40 Å². The molecule has 0 saturated heterocycles. The summed E-state index contributed by atoms with van der Waals surface area (Å²) in [5.74, 6) is 0.448. The summed E-state index contributed by atoms with van der Waals surface area (Å²) in [4.78, 5) is 4.00. The van der Waals surface area contributed by atoms with E-state index in [9.17, 15) is 12.6 Å². The molecule has 2 aromatic heterocycles. The van der Waals surface area contributed by atoms with Crippen molar-refractivity contribution in [1.82, 2.24) is 14.1 Å². The van der Waals surface area contributed by atoms with Crippen LogP contribution in [0.5, 0.6) is 0 Å². The number of hydrogen-bond acceptors (Lipinski definition) is 4. The topological polar surface area (TPSA) is 80.5 Å². The fourth-order valence-electron chi connectivity index (χ4n) is 1.74. The molecule has 110 valence electrons. The zero-order valence-electron chi connectivity index (χ0n) is 10.7. The van der Waals surface area contributed by atoms with Crippen molar-refractivity contribution < 1.29 is 12.6 Å². The first-order chi connectivity index (χ1) is 9.42. The normalized spacial score (nSPS) is 13.7. The van der Waals surface area contributed by atoms with E-state index in [1.54, 1.807) is 30.7 Å². The number of aromatic nitrogens is 2. The van der Waals surface area contributed by atoms with E-state index in [0.717, 1.165) is 0 Å². The number of rotatable bonds is 6. The highest BCUT2D eigenvalue weighted by Gasteiger charge is 2.23. The van der Waals surface area contributed by atoms with Crippen molar-refractivity contribution in [1.29, 1.82) is 0 Å². The molecule has 0 aliphatic carbocycles. The van der Waals surface area contributed by atoms with Crippen LogP contribution in [0.4, 0.5) is 0 Å². The first-order valence-corrected chi connectivity index (χ1v) is 9.43. The molecule has 1 unspecified atom stereocenters. The smallest absolute Gasteiger partial charge is 0.259 e. The van der Waals surface area contributed by atoms with Crippen molar-refractivity contribution in [2.45, 2.75) is 11.4 Å². The number of nitrogens with one attached hydrogen (secondary N) is 1. The molecule has 6 nitrogen and oxygen atoms in total. The van der Waals surface area contributed by atoms with E-state index < -0.39 is 20.8 Å². The number of sulfonamides is 1. The number of fused-ring (bicyclic) bond motifs is 1. The summed E-state index contributed by atoms with van der Waals surface area (Å²) in [6.45, 7) is 0.207. The molecule has 0 fully saturated rings. The second kappa shape index (κ2) is 6.21. The molecule has 0 spiro atoms. The molecule has 20 heavy (non-hydrogen) atoms. The van der Waals surface area contributed by atoms with Crippen molar-refractivity contribution in [2.75, 3.05) is 18.6 Å². The maximum atomic E-state index is 12.2. The monoisotopic (exact) mass is 335 g/mol. The molecule has 2 heterocycles. The van der Waals surface area contributed by atoms with E-state index in [-0.39, 0.29) is 16.7 Å². The zero-order chi connectivity index (χ0) is 14.8. The molecule has 0 saturated carbocycles. The Kier molecular flexibility index (Phi) is 4.79. The first-order valence-electron chi connectivity index (χ1n) is 5.84. The summed E-state index contributed by atoms with van der Waals surface area (Å²) in [5, 5.41) is -0.143. The Morgan fingerprint density at radius 3 is 2.90 bits per heavy atom. The SMILES string of the molecule is CS(=O)CCCNS(=O)(=O)c1c(Cl)nc2ccccn12. The third-order valence-corrected chi connectivity index (χ3v) is 5.32. The molecular weight excluding hydrogens is 322 g/mol. The number of hydrogen-bond donors (Lipinski definition) is 1. The van der Waals surface area contributed by atoms with Crippen molar-refractivity contribution in [3.05, 3.63) is 29.5 Å². The minimum Gasteiger partial charge on any atom is -0.288 e. The van der Waals surface area contributed by atoms with E-state index >= 15 is 0 Å². The summed E-state index contributed by atoms with van der Waals surface area (Å²) in [6, 6.07) is 5.12. The maximum absolute atomic E-state index is 12.2. The summed E-state index contributed by atoms with van der Waals surface area (Å²) < 4.78 is 39.3. The molecule has 2 aromatic rings. The summed E-state index contributed by atoms with van der Waals surface area (Å²) in [5.41, 5.74) is 0.465. The number of nitrogens with zero attached hydrogens (tertiary/aromatic N) is 2. The Bertz CT molecular complexity index is 742. The number of pyridine rings is 1. The van der Waals surface area contributed by atoms with Crippen molar-refractivity contribution in [2.24, 2.45) is 0 Å². The predicted molar refractivity (Wildman–Crippen MR) is 78.9 cm³/mol. The average Bonchev–Trinajstić information content (AvgIpc) is 2.71. The average molecular weight is 336 g/mol. The van der Waals surface area contributed by atoms with E-state index in [1.807, 2.05) is 0 Å². The molecule has 0 aliphatic heterocycles. The van der Waals surface area contributed by atoms with Crippen LogP contribution in [0.15, 0.2) is 29.4 Å². The summed E-state index contributed by atoms with van der Waals surface area (Å²) >= 11 is 5.92. The van der Waals surface area contributed by atoms with E-state index in [0.29, 0.717) is 17.8 Å². The number of halogens is 1. The van der Waals surface area contributed by atoms with Gasteiger partial charge in [-0.3, -0.25) is 8.61 Å². The van der Waals surface area contributed by atoms with Gasteiger partial charge in [-0.1, -0.05) is 17.7 Å². The Morgan fingerprint density at radius 1 is 1.45 bits per heavy atom. The van der Waals surface area contributed by atoms with Crippen LogP contribution in [0, 0.1) is 0 Å². The molecule has 0 amide bonds. The lowest BCUT2D eigenvalue weighted by atomic mass is 10.5. The van der Waals surface area contributed by atoms with Crippen LogP contribution in [0.25, 0.3) is 5.65 Å². The molecular formula is C11H14ClN3O3S2. The molecule has 0 radical (unpaired) electrons. The van der Waals surface area contributed by atoms with Crippen molar-refractivity contribution in [3.63, 3.8) is 0 Å². The highest BCUT2D eigenvalue weighted by atomic mass is 35.5. The van der Waals surface area contributed by atoms with Gasteiger partial charge in [0.05, 0.1) is 0 Å². The van der Waals surface area contributed by atoms with Gasteiger partial charge < -0.3 is 0 Å². The highest BCUT2D eigenvalue weighted by Crippen LogP contribution is 2.22. The van der Waals surface area contributed by atoms with Gasteiger partial charge in [-0.15, -0.1) is 0 Å². The fourth-order valence-corrected chi connectivity index (χ4v) is 4.00. The maximum Gasteiger partial charge on any atom is 0.259 e. The van der Waals surface area contributed by atoms with Gasteiger partial charge in [0.2, 0.25) is 0 Å². The predicted octanol–water partition coefficient (Wildman–Crippen LogP) is 1.03. The largest absolute Gasteiger partial charge is 0.288 e. The lowest BCUT2D eigenvalue weighted by molar-refractivity contribution is 0.576. The third-order valence-electron chi connectivity index (χ3n) is 2.60. The van der Waals surface area contributed by atoms with Crippen LogP contribution in [-0.2, 0) is 20.8 Å². The van der Waals surface area contributed by atoms with Crippen LogP contribution in [0.2, 0.25) is 5.15 Å². The van der Waals surface area contributed by atoms with Crippen molar-refractivity contribution in [3.8, 4) is 0 Å². The Balaban J connectivity index is 2.23. The van der Waals surface area contributed by atoms with Gasteiger partial charge >= 0.3 is 0 Å². The first kappa shape index (κ1) is 15.4. The van der Waals surface area contributed by atoms with Crippen LogP contribution in [0.1, 0.15) is 6.42 Å². The van der Waals surface area contributed by atoms with Crippen molar-refractivity contribution >= 4 is 38.1 Å². The minimum absolute atomic E-state index is 0.0669. The van der Waals surface area contributed by atoms with Gasteiger partial charge in [0, 0.05) is 35.5 Å². The quantitative estimate of drug-likeness (QED) is 0.800. The molecule has 0 aromatic carbocycles. The van der Waals surface area contributed by atoms with Gasteiger partial charge in [0.1, 0.15) is 5.65 Å². The molecule has 9 heteroatoms. The van der Waals surface area contributed by atoms with E-state index in [4.69, 9.17) is 11.6 Å². The Labute approximate surface area is 124 Å². The lowest BCUT2D eigenvalue weighted by Gasteiger charge is -2.06. The molecule has 1 N–H and O–H groups in total. The van der Waals surface area contributed by atoms with E-state index in [2.05, 4.69) is 9.71 Å². The summed E-state index contributed by atoms with van der Waals surface area (Å²) in [6.07, 6.45) is 3.66. The van der Waals surface area contributed by atoms with Gasteiger partial charge in [0.25, 0.3) is 10.0 Å². The Morgan fingerprint density at radius 2 is 2.20 bits per heavy atom. The highest BCUT2D eigenvalue weighted by molar-refractivity contribution is 7.89. The zero-order valence-corrected chi connectivity index (χ0v) is 13.1. The molecule has 0 aliphatic rings. The second-order valence-electron chi connectivity index (χ2n) is 4.17. The van der Waals surface area contributed by atoms with Gasteiger partial charge in [0.15, 0.2) is 10.2 Å². The van der Waals surface area contributed by atoms with Crippen LogP contribution >= 0.6 is 11.6 Å². The standard InChI is InChI=1S/C11H14ClN3O3S2/c1-19(16)8-4-6-13-20(17,18)11-10(12)14-9-5-2-3-7-15(9)11/h2-3,5,7,13H,4,6,8H2,1H3. The van der Waals surface area contributed by atoms with Gasteiger partial charge in [-0.2, -0.15) is 0 Å². The fraction of sp³-hybridized carbons (Fsp3) is 0.364. The summed E-state index contributed by atoms with van der Waals surface area (Å²) in [7, 11) is -4.69. The van der Waals surface area contributed by atoms with Crippen LogP contribution in [-0.4, -0.2) is 40.6 Å². The van der Waals surface area contributed by atoms with Crippen LogP contribution in [0.3, 0.4) is 0 Å². The molecule has 2 rings (SSSR count). The van der Waals surface area contributed by atoms with Crippen LogP contribution < -0.4 is 4.72 Å². The van der Waals surface area contributed by atoms with Gasteiger partial charge in [-0.05, 0) is 18.6 Å². The third kappa shape index (κ3) is 3.38. The van der Waals surface area contributed by atoms with Gasteiger partial charge in [-0.25, -0.2) is 18.1 Å². The molecule has 0 bridgehead atoms. The lowest BCUT2D eigenvalue weighted by Crippen LogP contribution is -2.27. The Hall–Kier alpha value is -0.960. The minimum atomic E-state index is -3.75. The molecule has 1 atom stereocenters. The number of imidazole rings is 1. The second-order valence-corrected chi connectivity index (χ2v) is 7.76.